The van der Waals surface area contributed by atoms with Crippen molar-refractivity contribution in [3.63, 3.8) is 0 Å². The molecule has 11 heteroatoms. The highest BCUT2D eigenvalue weighted by atomic mass is 32.2. The highest BCUT2D eigenvalue weighted by molar-refractivity contribution is 7.89. The summed E-state index contributed by atoms with van der Waals surface area (Å²) in [5.74, 6) is -1.34. The first kappa shape index (κ1) is 23.5. The number of sulfonamides is 1. The van der Waals surface area contributed by atoms with Gasteiger partial charge in [0.25, 0.3) is 0 Å². The van der Waals surface area contributed by atoms with E-state index in [0.717, 1.165) is 17.8 Å². The molecule has 1 aliphatic heterocycles. The van der Waals surface area contributed by atoms with Gasteiger partial charge in [0, 0.05) is 31.4 Å². The molecule has 1 unspecified atom stereocenters. The zero-order valence-corrected chi connectivity index (χ0v) is 18.9. The van der Waals surface area contributed by atoms with Crippen LogP contribution in [-0.4, -0.2) is 54.0 Å². The molecule has 0 amide bonds. The maximum absolute atomic E-state index is 13.4. The lowest BCUT2D eigenvalue weighted by atomic mass is 10.00. The van der Waals surface area contributed by atoms with Crippen LogP contribution in [0.4, 0.5) is 19.0 Å². The number of aryl methyl sites for hydroxylation is 1. The van der Waals surface area contributed by atoms with Crippen molar-refractivity contribution in [1.29, 1.82) is 0 Å². The number of rotatable bonds is 4. The van der Waals surface area contributed by atoms with Gasteiger partial charge in [-0.25, -0.2) is 13.4 Å². The fourth-order valence-electron chi connectivity index (χ4n) is 4.60. The van der Waals surface area contributed by atoms with E-state index in [1.54, 1.807) is 24.8 Å². The number of fused-ring (bicyclic) bond motifs is 1. The molecule has 0 saturated carbocycles. The van der Waals surface area contributed by atoms with Crippen LogP contribution in [0.1, 0.15) is 42.9 Å². The van der Waals surface area contributed by atoms with Gasteiger partial charge in [0.2, 0.25) is 10.0 Å². The van der Waals surface area contributed by atoms with Crippen molar-refractivity contribution in [2.45, 2.75) is 49.2 Å². The van der Waals surface area contributed by atoms with Gasteiger partial charge >= 0.3 is 12.1 Å². The Labute approximate surface area is 189 Å². The molecular formula is C22H24F3N3O4S. The second-order valence-corrected chi connectivity index (χ2v) is 10.9. The number of aromatic nitrogens is 1. The number of hydrogen-bond acceptors (Lipinski definition) is 5. The summed E-state index contributed by atoms with van der Waals surface area (Å²) < 4.78 is 66.6. The predicted molar refractivity (Wildman–Crippen MR) is 115 cm³/mol. The molecule has 4 rings (SSSR count). The van der Waals surface area contributed by atoms with Crippen LogP contribution in [0, 0.1) is 0 Å². The summed E-state index contributed by atoms with van der Waals surface area (Å²) in [6.07, 6.45) is -2.67. The monoisotopic (exact) mass is 483 g/mol. The first-order chi connectivity index (χ1) is 15.3. The standard InChI is InChI=1S/C22H24F3N3O4S/c1-21(2)13-27(9-10-28(21)19-8-5-15(12-26-19)22(23,24)25)33(31,32)16-6-3-14-4-7-17(20(29)30)18(14)11-16/h3,5-6,8,11-12,17H,4,7,9-10,13H2,1-2H3,(H,29,30). The van der Waals surface area contributed by atoms with E-state index in [1.165, 1.54) is 22.5 Å². The van der Waals surface area contributed by atoms with E-state index in [2.05, 4.69) is 4.98 Å². The molecule has 0 radical (unpaired) electrons. The lowest BCUT2D eigenvalue weighted by Crippen LogP contribution is -2.60. The van der Waals surface area contributed by atoms with Crippen LogP contribution in [-0.2, 0) is 27.4 Å². The molecule has 2 aliphatic rings. The van der Waals surface area contributed by atoms with E-state index in [9.17, 15) is 31.5 Å². The van der Waals surface area contributed by atoms with Gasteiger partial charge in [-0.05, 0) is 62.1 Å². The van der Waals surface area contributed by atoms with Crippen molar-refractivity contribution in [3.8, 4) is 0 Å². The summed E-state index contributed by atoms with van der Waals surface area (Å²) >= 11 is 0. The average molecular weight is 484 g/mol. The number of benzene rings is 1. The lowest BCUT2D eigenvalue weighted by Gasteiger charge is -2.47. The predicted octanol–water partition coefficient (Wildman–Crippen LogP) is 3.50. The molecule has 1 saturated heterocycles. The molecular weight excluding hydrogens is 459 g/mol. The Kier molecular flexibility index (Phi) is 5.68. The number of carboxylic acids is 1. The van der Waals surface area contributed by atoms with Crippen LogP contribution in [0.3, 0.4) is 0 Å². The molecule has 7 nitrogen and oxygen atoms in total. The number of aliphatic carboxylic acids is 1. The van der Waals surface area contributed by atoms with E-state index in [1.807, 2.05) is 0 Å². The van der Waals surface area contributed by atoms with Crippen LogP contribution in [0.15, 0.2) is 41.4 Å². The summed E-state index contributed by atoms with van der Waals surface area (Å²) in [5.41, 5.74) is -0.199. The third kappa shape index (κ3) is 4.31. The molecule has 1 aliphatic carbocycles. The quantitative estimate of drug-likeness (QED) is 0.716. The highest BCUT2D eigenvalue weighted by Crippen LogP contribution is 2.37. The number of nitrogens with zero attached hydrogens (tertiary/aromatic N) is 3. The number of hydrogen-bond donors (Lipinski definition) is 1. The molecule has 1 aromatic carbocycles. The average Bonchev–Trinajstić information content (AvgIpc) is 3.16. The topological polar surface area (TPSA) is 90.8 Å². The van der Waals surface area contributed by atoms with E-state index in [0.29, 0.717) is 24.2 Å². The third-order valence-electron chi connectivity index (χ3n) is 6.35. The molecule has 1 N–H and O–H groups in total. The molecule has 1 fully saturated rings. The van der Waals surface area contributed by atoms with Crippen molar-refractivity contribution in [2.75, 3.05) is 24.5 Å². The third-order valence-corrected chi connectivity index (χ3v) is 8.19. The number of pyridine rings is 1. The number of halogens is 3. The van der Waals surface area contributed by atoms with Gasteiger partial charge in [-0.1, -0.05) is 6.07 Å². The minimum atomic E-state index is -4.48. The smallest absolute Gasteiger partial charge is 0.417 e. The minimum absolute atomic E-state index is 0.0475. The maximum atomic E-state index is 13.4. The van der Waals surface area contributed by atoms with Gasteiger partial charge in [0.05, 0.1) is 16.4 Å². The fourth-order valence-corrected chi connectivity index (χ4v) is 6.22. The molecule has 2 aromatic rings. The minimum Gasteiger partial charge on any atom is -0.481 e. The number of carboxylic acid groups (broad SMARTS) is 1. The molecule has 0 bridgehead atoms. The molecule has 1 atom stereocenters. The summed E-state index contributed by atoms with van der Waals surface area (Å²) in [6, 6.07) is 6.91. The zero-order valence-electron chi connectivity index (χ0n) is 18.1. The van der Waals surface area contributed by atoms with Gasteiger partial charge in [0.15, 0.2) is 0 Å². The first-order valence-corrected chi connectivity index (χ1v) is 11.9. The van der Waals surface area contributed by atoms with Gasteiger partial charge in [-0.3, -0.25) is 4.79 Å². The summed E-state index contributed by atoms with van der Waals surface area (Å²) in [6.45, 7) is 4.06. The van der Waals surface area contributed by atoms with Crippen molar-refractivity contribution in [3.05, 3.63) is 53.2 Å². The van der Waals surface area contributed by atoms with E-state index >= 15 is 0 Å². The van der Waals surface area contributed by atoms with Crippen LogP contribution in [0.25, 0.3) is 0 Å². The Bertz CT molecular complexity index is 1180. The number of carbonyl (C=O) groups is 1. The number of piperazine rings is 1. The van der Waals surface area contributed by atoms with Gasteiger partial charge in [-0.15, -0.1) is 0 Å². The zero-order chi connectivity index (χ0) is 24.2. The Balaban J connectivity index is 1.57. The first-order valence-electron chi connectivity index (χ1n) is 10.5. The SMILES string of the molecule is CC1(C)CN(S(=O)(=O)c2ccc3c(c2)C(C(=O)O)CC3)CCN1c1ccc(C(F)(F)F)cn1. The summed E-state index contributed by atoms with van der Waals surface area (Å²) in [5, 5.41) is 9.44. The maximum Gasteiger partial charge on any atom is 0.417 e. The Morgan fingerprint density at radius 3 is 2.48 bits per heavy atom. The molecule has 33 heavy (non-hydrogen) atoms. The van der Waals surface area contributed by atoms with E-state index in [-0.39, 0.29) is 24.5 Å². The van der Waals surface area contributed by atoms with Crippen LogP contribution < -0.4 is 4.90 Å². The highest BCUT2D eigenvalue weighted by Gasteiger charge is 2.41. The molecule has 2 heterocycles. The van der Waals surface area contributed by atoms with Crippen LogP contribution >= 0.6 is 0 Å². The summed E-state index contributed by atoms with van der Waals surface area (Å²) in [7, 11) is -3.89. The van der Waals surface area contributed by atoms with Gasteiger partial charge in [-0.2, -0.15) is 17.5 Å². The second-order valence-electron chi connectivity index (χ2n) is 9.00. The van der Waals surface area contributed by atoms with Gasteiger partial charge < -0.3 is 10.0 Å². The van der Waals surface area contributed by atoms with Crippen molar-refractivity contribution < 1.29 is 31.5 Å². The summed E-state index contributed by atoms with van der Waals surface area (Å²) in [4.78, 5) is 17.3. The normalized spacial score (nSPS) is 21.1. The Hall–Kier alpha value is -2.66. The fraction of sp³-hybridized carbons (Fsp3) is 0.455. The second kappa shape index (κ2) is 7.98. The van der Waals surface area contributed by atoms with Crippen molar-refractivity contribution >= 4 is 21.8 Å². The lowest BCUT2D eigenvalue weighted by molar-refractivity contribution is -0.139. The number of alkyl halides is 3. The largest absolute Gasteiger partial charge is 0.481 e. The van der Waals surface area contributed by atoms with E-state index < -0.39 is 39.2 Å². The van der Waals surface area contributed by atoms with Crippen molar-refractivity contribution in [1.82, 2.24) is 9.29 Å². The number of anilines is 1. The Morgan fingerprint density at radius 1 is 1.18 bits per heavy atom. The van der Waals surface area contributed by atoms with Gasteiger partial charge in [0.1, 0.15) is 5.82 Å². The van der Waals surface area contributed by atoms with Crippen molar-refractivity contribution in [2.24, 2.45) is 0 Å². The van der Waals surface area contributed by atoms with Crippen LogP contribution in [0.5, 0.6) is 0 Å². The van der Waals surface area contributed by atoms with Crippen LogP contribution in [0.2, 0.25) is 0 Å². The Morgan fingerprint density at radius 2 is 1.91 bits per heavy atom. The molecule has 1 aromatic heterocycles. The van der Waals surface area contributed by atoms with E-state index in [4.69, 9.17) is 0 Å². The molecule has 0 spiro atoms. The molecule has 178 valence electrons.